The van der Waals surface area contributed by atoms with Gasteiger partial charge >= 0.3 is 0 Å². The van der Waals surface area contributed by atoms with Gasteiger partial charge in [0.25, 0.3) is 0 Å². The van der Waals surface area contributed by atoms with Crippen molar-refractivity contribution in [2.24, 2.45) is 16.3 Å². The van der Waals surface area contributed by atoms with Crippen LogP contribution in [0.1, 0.15) is 65.2 Å². The van der Waals surface area contributed by atoms with E-state index in [2.05, 4.69) is 17.2 Å². The van der Waals surface area contributed by atoms with Gasteiger partial charge in [0.05, 0.1) is 18.0 Å². The van der Waals surface area contributed by atoms with Crippen LogP contribution in [-0.4, -0.2) is 24.5 Å². The Morgan fingerprint density at radius 2 is 2.13 bits per heavy atom. The van der Waals surface area contributed by atoms with Crippen molar-refractivity contribution in [2.45, 2.75) is 65.2 Å². The molecule has 0 spiro atoms. The van der Waals surface area contributed by atoms with Crippen molar-refractivity contribution >= 4 is 6.21 Å². The Hall–Kier alpha value is -1.16. The minimum atomic E-state index is -0.269. The van der Waals surface area contributed by atoms with Gasteiger partial charge in [0, 0.05) is 18.2 Å². The smallest absolute Gasteiger partial charge is 0.167 e. The molecule has 0 aromatic carbocycles. The zero-order valence-electron chi connectivity index (χ0n) is 14.6. The summed E-state index contributed by atoms with van der Waals surface area (Å²) in [6, 6.07) is 0. The monoisotopic (exact) mass is 322 g/mol. The zero-order chi connectivity index (χ0) is 16.7. The number of rotatable bonds is 7. The van der Waals surface area contributed by atoms with Gasteiger partial charge in [0.1, 0.15) is 0 Å². The third-order valence-electron chi connectivity index (χ3n) is 5.41. The minimum Gasteiger partial charge on any atom is -0.396 e. The molecule has 1 fully saturated rings. The lowest BCUT2D eigenvalue weighted by molar-refractivity contribution is 0.0732. The molecule has 0 amide bonds. The van der Waals surface area contributed by atoms with Crippen LogP contribution in [0.4, 0.5) is 4.39 Å². The van der Waals surface area contributed by atoms with Crippen LogP contribution in [0.15, 0.2) is 28.3 Å². The number of aliphatic hydroxyl groups excluding tert-OH is 1. The molecule has 3 nitrogen and oxygen atoms in total. The van der Waals surface area contributed by atoms with Gasteiger partial charge in [-0.05, 0) is 44.9 Å². The second kappa shape index (κ2) is 8.62. The molecular formula is C19H31FN2O. The highest BCUT2D eigenvalue weighted by Gasteiger charge is 2.33. The van der Waals surface area contributed by atoms with Crippen LogP contribution in [-0.2, 0) is 0 Å². The fourth-order valence-electron chi connectivity index (χ4n) is 3.31. The second-order valence-electron chi connectivity index (χ2n) is 7.13. The van der Waals surface area contributed by atoms with Gasteiger partial charge in [-0.3, -0.25) is 4.99 Å². The van der Waals surface area contributed by atoms with E-state index in [9.17, 15) is 9.50 Å². The summed E-state index contributed by atoms with van der Waals surface area (Å²) in [6.45, 7) is 4.60. The number of halogens is 1. The fourth-order valence-corrected chi connectivity index (χ4v) is 3.31. The molecule has 1 heterocycles. The van der Waals surface area contributed by atoms with Crippen molar-refractivity contribution in [1.82, 2.24) is 5.32 Å². The Morgan fingerprint density at radius 1 is 1.35 bits per heavy atom. The quantitative estimate of drug-likeness (QED) is 0.725. The van der Waals surface area contributed by atoms with E-state index >= 15 is 0 Å². The number of nitrogens with zero attached hydrogens (tertiary/aromatic N) is 1. The topological polar surface area (TPSA) is 44.6 Å². The first-order chi connectivity index (χ1) is 11.1. The zero-order valence-corrected chi connectivity index (χ0v) is 14.6. The highest BCUT2D eigenvalue weighted by atomic mass is 19.1. The Morgan fingerprint density at radius 3 is 2.74 bits per heavy atom. The minimum absolute atomic E-state index is 0.151. The Kier molecular flexibility index (Phi) is 6.82. The summed E-state index contributed by atoms with van der Waals surface area (Å²) in [5, 5.41) is 13.2. The number of aliphatic hydroxyl groups is 1. The maximum Gasteiger partial charge on any atom is 0.167 e. The third-order valence-corrected chi connectivity index (χ3v) is 5.41. The van der Waals surface area contributed by atoms with Gasteiger partial charge in [0.15, 0.2) is 5.83 Å². The first kappa shape index (κ1) is 18.2. The summed E-state index contributed by atoms with van der Waals surface area (Å²) >= 11 is 0. The molecule has 130 valence electrons. The molecule has 0 aromatic heterocycles. The van der Waals surface area contributed by atoms with Crippen LogP contribution in [0, 0.1) is 11.3 Å². The average Bonchev–Trinajstić information content (AvgIpc) is 2.60. The number of allylic oxidation sites excluding steroid dienone is 3. The molecule has 1 saturated carbocycles. The molecule has 2 rings (SSSR count). The van der Waals surface area contributed by atoms with Crippen molar-refractivity contribution < 1.29 is 9.50 Å². The highest BCUT2D eigenvalue weighted by molar-refractivity contribution is 5.59. The van der Waals surface area contributed by atoms with Crippen LogP contribution in [0.2, 0.25) is 0 Å². The molecular weight excluding hydrogens is 291 g/mol. The first-order valence-electron chi connectivity index (χ1n) is 9.04. The van der Waals surface area contributed by atoms with Crippen molar-refractivity contribution in [1.29, 1.82) is 0 Å². The SMILES string of the molecule is CCC(CO)(CNC1=CCCCC=NC(C)=C1F)CC1CCC1. The maximum atomic E-state index is 14.6. The van der Waals surface area contributed by atoms with Crippen LogP contribution in [0.3, 0.4) is 0 Å². The molecule has 1 atom stereocenters. The van der Waals surface area contributed by atoms with E-state index in [1.54, 1.807) is 13.1 Å². The van der Waals surface area contributed by atoms with E-state index in [0.29, 0.717) is 17.9 Å². The lowest BCUT2D eigenvalue weighted by atomic mass is 9.70. The normalized spacial score (nSPS) is 22.5. The summed E-state index contributed by atoms with van der Waals surface area (Å²) < 4.78 is 14.6. The highest BCUT2D eigenvalue weighted by Crippen LogP contribution is 2.39. The first-order valence-corrected chi connectivity index (χ1v) is 9.04. The van der Waals surface area contributed by atoms with Crippen LogP contribution in [0.5, 0.6) is 0 Å². The van der Waals surface area contributed by atoms with E-state index in [0.717, 1.165) is 38.0 Å². The van der Waals surface area contributed by atoms with Crippen LogP contribution >= 0.6 is 0 Å². The predicted octanol–water partition coefficient (Wildman–Crippen LogP) is 4.49. The molecule has 2 N–H and O–H groups in total. The number of aliphatic imine (C=N–C) groups is 1. The predicted molar refractivity (Wildman–Crippen MR) is 94.0 cm³/mol. The molecule has 2 aliphatic rings. The van der Waals surface area contributed by atoms with Crippen molar-refractivity contribution in [3.8, 4) is 0 Å². The van der Waals surface area contributed by atoms with E-state index < -0.39 is 0 Å². The van der Waals surface area contributed by atoms with Crippen molar-refractivity contribution in [3.05, 3.63) is 23.3 Å². The van der Waals surface area contributed by atoms with Gasteiger partial charge < -0.3 is 10.4 Å². The average molecular weight is 322 g/mol. The Balaban J connectivity index is 2.06. The summed E-state index contributed by atoms with van der Waals surface area (Å²) in [5.41, 5.74) is 0.819. The van der Waals surface area contributed by atoms with Crippen LogP contribution < -0.4 is 5.32 Å². The summed E-state index contributed by atoms with van der Waals surface area (Å²) in [6.07, 6.45) is 12.2. The number of hydrogen-bond donors (Lipinski definition) is 2. The van der Waals surface area contributed by atoms with Gasteiger partial charge in [-0.25, -0.2) is 4.39 Å². The summed E-state index contributed by atoms with van der Waals surface area (Å²) in [4.78, 5) is 4.18. The molecule has 0 radical (unpaired) electrons. The molecule has 0 bridgehead atoms. The van der Waals surface area contributed by atoms with E-state index in [1.165, 1.54) is 19.3 Å². The fraction of sp³-hybridized carbons (Fsp3) is 0.737. The lowest BCUT2D eigenvalue weighted by Gasteiger charge is -2.38. The van der Waals surface area contributed by atoms with Gasteiger partial charge in [-0.1, -0.05) is 32.3 Å². The Bertz CT molecular complexity index is 474. The van der Waals surface area contributed by atoms with E-state index in [4.69, 9.17) is 0 Å². The molecule has 1 aliphatic heterocycles. The van der Waals surface area contributed by atoms with Gasteiger partial charge in [-0.2, -0.15) is 0 Å². The second-order valence-corrected chi connectivity index (χ2v) is 7.13. The van der Waals surface area contributed by atoms with Gasteiger partial charge in [0.2, 0.25) is 0 Å². The summed E-state index contributed by atoms with van der Waals surface area (Å²) in [7, 11) is 0. The summed E-state index contributed by atoms with van der Waals surface area (Å²) in [5.74, 6) is 0.458. The van der Waals surface area contributed by atoms with Crippen LogP contribution in [0.25, 0.3) is 0 Å². The molecule has 1 aliphatic carbocycles. The van der Waals surface area contributed by atoms with Crippen molar-refractivity contribution in [2.75, 3.05) is 13.2 Å². The lowest BCUT2D eigenvalue weighted by Crippen LogP contribution is -2.39. The Labute approximate surface area is 139 Å². The number of nitrogens with one attached hydrogen (secondary N) is 1. The molecule has 1 unspecified atom stereocenters. The standard InChI is InChI=1S/C19H31FN2O/c1-3-19(14-23,12-16-8-7-9-16)13-22-17-10-5-4-6-11-21-15(2)18(17)20/h10-11,16,22-23H,3-9,12-14H2,1-2H3. The number of hydrogen-bond acceptors (Lipinski definition) is 3. The largest absolute Gasteiger partial charge is 0.396 e. The third kappa shape index (κ3) is 4.90. The molecule has 23 heavy (non-hydrogen) atoms. The van der Waals surface area contributed by atoms with E-state index in [1.807, 2.05) is 6.08 Å². The van der Waals surface area contributed by atoms with Crippen molar-refractivity contribution in [3.63, 3.8) is 0 Å². The van der Waals surface area contributed by atoms with Gasteiger partial charge in [-0.15, -0.1) is 0 Å². The molecule has 0 saturated heterocycles. The maximum absolute atomic E-state index is 14.6. The van der Waals surface area contributed by atoms with E-state index in [-0.39, 0.29) is 17.8 Å². The molecule has 0 aromatic rings. The molecule has 4 heteroatoms.